The van der Waals surface area contributed by atoms with Crippen LogP contribution in [0, 0.1) is 41.5 Å². The molecule has 0 heterocycles. The van der Waals surface area contributed by atoms with Crippen LogP contribution in [0.15, 0.2) is 24.3 Å². The standard InChI is InChI=1S/C19H25N/c1-12-8-9-18(11-13(12)2)20(7)19-16(5)14(3)10-15(4)17(19)6/h8-11H,1-7H3. The average molecular weight is 267 g/mol. The minimum Gasteiger partial charge on any atom is -0.344 e. The van der Waals surface area contributed by atoms with Gasteiger partial charge in [0.05, 0.1) is 0 Å². The molecule has 2 aromatic carbocycles. The first-order chi connectivity index (χ1) is 9.32. The fourth-order valence-corrected chi connectivity index (χ4v) is 2.76. The maximum atomic E-state index is 2.32. The first kappa shape index (κ1) is 14.6. The van der Waals surface area contributed by atoms with Gasteiger partial charge in [0.25, 0.3) is 0 Å². The Labute approximate surface area is 123 Å². The van der Waals surface area contributed by atoms with Gasteiger partial charge in [0.2, 0.25) is 0 Å². The van der Waals surface area contributed by atoms with E-state index in [1.165, 1.54) is 44.8 Å². The minimum absolute atomic E-state index is 1.25. The lowest BCUT2D eigenvalue weighted by Gasteiger charge is -2.26. The number of benzene rings is 2. The van der Waals surface area contributed by atoms with Crippen LogP contribution in [-0.2, 0) is 0 Å². The molecule has 0 atom stereocenters. The third kappa shape index (κ3) is 2.45. The first-order valence-electron chi connectivity index (χ1n) is 7.21. The third-order valence-corrected chi connectivity index (χ3v) is 4.54. The molecule has 0 N–H and O–H groups in total. The fourth-order valence-electron chi connectivity index (χ4n) is 2.76. The second kappa shape index (κ2) is 5.32. The predicted molar refractivity (Wildman–Crippen MR) is 89.4 cm³/mol. The van der Waals surface area contributed by atoms with E-state index < -0.39 is 0 Å². The van der Waals surface area contributed by atoms with Crippen molar-refractivity contribution in [3.63, 3.8) is 0 Å². The summed E-state index contributed by atoms with van der Waals surface area (Å²) in [7, 11) is 2.16. The molecule has 2 aromatic rings. The van der Waals surface area contributed by atoms with Crippen LogP contribution in [0.5, 0.6) is 0 Å². The summed E-state index contributed by atoms with van der Waals surface area (Å²) in [5, 5.41) is 0. The van der Waals surface area contributed by atoms with Crippen LogP contribution in [-0.4, -0.2) is 7.05 Å². The second-order valence-corrected chi connectivity index (χ2v) is 5.94. The van der Waals surface area contributed by atoms with Crippen molar-refractivity contribution >= 4 is 11.4 Å². The Morgan fingerprint density at radius 3 is 1.70 bits per heavy atom. The van der Waals surface area contributed by atoms with Crippen LogP contribution in [0.2, 0.25) is 0 Å². The van der Waals surface area contributed by atoms with E-state index >= 15 is 0 Å². The molecular formula is C19H25N. The quantitative estimate of drug-likeness (QED) is 0.713. The highest BCUT2D eigenvalue weighted by atomic mass is 15.1. The van der Waals surface area contributed by atoms with Gasteiger partial charge in [-0.3, -0.25) is 0 Å². The average Bonchev–Trinajstić information content (AvgIpc) is 2.40. The number of aryl methyl sites for hydroxylation is 4. The third-order valence-electron chi connectivity index (χ3n) is 4.54. The Morgan fingerprint density at radius 1 is 0.650 bits per heavy atom. The molecule has 0 aliphatic heterocycles. The van der Waals surface area contributed by atoms with Gasteiger partial charge in [-0.1, -0.05) is 12.1 Å². The largest absolute Gasteiger partial charge is 0.344 e. The fraction of sp³-hybridized carbons (Fsp3) is 0.368. The van der Waals surface area contributed by atoms with E-state index in [4.69, 9.17) is 0 Å². The van der Waals surface area contributed by atoms with Gasteiger partial charge in [-0.2, -0.15) is 0 Å². The van der Waals surface area contributed by atoms with Gasteiger partial charge < -0.3 is 4.90 Å². The summed E-state index contributed by atoms with van der Waals surface area (Å²) < 4.78 is 0. The minimum atomic E-state index is 1.25. The number of nitrogens with zero attached hydrogens (tertiary/aromatic N) is 1. The van der Waals surface area contributed by atoms with Gasteiger partial charge in [-0.25, -0.2) is 0 Å². The molecule has 0 spiro atoms. The lowest BCUT2D eigenvalue weighted by Crippen LogP contribution is -2.14. The summed E-state index contributed by atoms with van der Waals surface area (Å²) in [5.74, 6) is 0. The Morgan fingerprint density at radius 2 is 1.20 bits per heavy atom. The van der Waals surface area contributed by atoms with E-state index in [9.17, 15) is 0 Å². The number of hydrogen-bond donors (Lipinski definition) is 0. The summed E-state index contributed by atoms with van der Waals surface area (Å²) in [4.78, 5) is 2.32. The molecule has 0 aliphatic rings. The molecular weight excluding hydrogens is 242 g/mol. The first-order valence-corrected chi connectivity index (χ1v) is 7.21. The molecule has 0 unspecified atom stereocenters. The van der Waals surface area contributed by atoms with Crippen LogP contribution in [0.3, 0.4) is 0 Å². The van der Waals surface area contributed by atoms with Crippen molar-refractivity contribution in [1.82, 2.24) is 0 Å². The molecule has 1 heteroatoms. The van der Waals surface area contributed by atoms with Crippen LogP contribution < -0.4 is 4.90 Å². The number of anilines is 2. The van der Waals surface area contributed by atoms with Crippen LogP contribution >= 0.6 is 0 Å². The Hall–Kier alpha value is -1.76. The summed E-state index contributed by atoms with van der Waals surface area (Å²) in [6, 6.07) is 8.96. The van der Waals surface area contributed by atoms with E-state index in [-0.39, 0.29) is 0 Å². The maximum Gasteiger partial charge on any atom is 0.0472 e. The molecule has 2 rings (SSSR count). The molecule has 0 bridgehead atoms. The van der Waals surface area contributed by atoms with Crippen molar-refractivity contribution in [2.45, 2.75) is 41.5 Å². The van der Waals surface area contributed by atoms with Crippen molar-refractivity contribution in [1.29, 1.82) is 0 Å². The normalized spacial score (nSPS) is 10.8. The maximum absolute atomic E-state index is 2.32. The van der Waals surface area contributed by atoms with Crippen LogP contribution in [0.1, 0.15) is 33.4 Å². The summed E-state index contributed by atoms with van der Waals surface area (Å²) >= 11 is 0. The van der Waals surface area contributed by atoms with Gasteiger partial charge in [0, 0.05) is 18.4 Å². The Kier molecular flexibility index (Phi) is 3.89. The van der Waals surface area contributed by atoms with E-state index in [1.807, 2.05) is 0 Å². The highest BCUT2D eigenvalue weighted by Crippen LogP contribution is 2.34. The zero-order valence-electron chi connectivity index (χ0n) is 13.8. The van der Waals surface area contributed by atoms with Gasteiger partial charge in [0.1, 0.15) is 0 Å². The molecule has 20 heavy (non-hydrogen) atoms. The molecule has 0 radical (unpaired) electrons. The topological polar surface area (TPSA) is 3.24 Å². The Bertz CT molecular complexity index is 627. The molecule has 0 saturated carbocycles. The van der Waals surface area contributed by atoms with Crippen LogP contribution in [0.25, 0.3) is 0 Å². The number of hydrogen-bond acceptors (Lipinski definition) is 1. The summed E-state index contributed by atoms with van der Waals surface area (Å²) in [5.41, 5.74) is 10.7. The lowest BCUT2D eigenvalue weighted by atomic mass is 9.97. The van der Waals surface area contributed by atoms with Gasteiger partial charge >= 0.3 is 0 Å². The highest BCUT2D eigenvalue weighted by molar-refractivity contribution is 5.72. The molecule has 106 valence electrons. The molecule has 0 fully saturated rings. The highest BCUT2D eigenvalue weighted by Gasteiger charge is 2.14. The molecule has 0 aliphatic carbocycles. The van der Waals surface area contributed by atoms with Crippen LogP contribution in [0.4, 0.5) is 11.4 Å². The van der Waals surface area contributed by atoms with Gasteiger partial charge in [0.15, 0.2) is 0 Å². The van der Waals surface area contributed by atoms with Crippen molar-refractivity contribution in [3.05, 3.63) is 57.6 Å². The van der Waals surface area contributed by atoms with Gasteiger partial charge in [-0.05, 0) is 87.1 Å². The zero-order valence-corrected chi connectivity index (χ0v) is 13.8. The van der Waals surface area contributed by atoms with E-state index in [1.54, 1.807) is 0 Å². The number of rotatable bonds is 2. The summed E-state index contributed by atoms with van der Waals surface area (Å²) in [6.07, 6.45) is 0. The van der Waals surface area contributed by atoms with E-state index in [0.29, 0.717) is 0 Å². The smallest absolute Gasteiger partial charge is 0.0472 e. The van der Waals surface area contributed by atoms with Crippen molar-refractivity contribution in [2.24, 2.45) is 0 Å². The lowest BCUT2D eigenvalue weighted by molar-refractivity contribution is 1.12. The molecule has 0 saturated heterocycles. The molecule has 0 aromatic heterocycles. The van der Waals surface area contributed by atoms with Crippen molar-refractivity contribution in [3.8, 4) is 0 Å². The van der Waals surface area contributed by atoms with Gasteiger partial charge in [-0.15, -0.1) is 0 Å². The predicted octanol–water partition coefficient (Wildman–Crippen LogP) is 5.31. The molecule has 0 amide bonds. The SMILES string of the molecule is Cc1ccc(N(C)c2c(C)c(C)cc(C)c2C)cc1C. The Balaban J connectivity index is 2.58. The summed E-state index contributed by atoms with van der Waals surface area (Å²) in [6.45, 7) is 13.2. The monoisotopic (exact) mass is 267 g/mol. The molecule has 1 nitrogen and oxygen atoms in total. The van der Waals surface area contributed by atoms with Crippen molar-refractivity contribution < 1.29 is 0 Å². The second-order valence-electron chi connectivity index (χ2n) is 5.94. The van der Waals surface area contributed by atoms with E-state index in [2.05, 4.69) is 77.8 Å². The van der Waals surface area contributed by atoms with E-state index in [0.717, 1.165) is 0 Å². The zero-order chi connectivity index (χ0) is 15.0. The van der Waals surface area contributed by atoms with Crippen molar-refractivity contribution in [2.75, 3.05) is 11.9 Å².